The highest BCUT2D eigenvalue weighted by atomic mass is 28.4. The average molecular weight is 160 g/mol. The summed E-state index contributed by atoms with van der Waals surface area (Å²) in [5.74, 6) is 0. The first-order valence-electron chi connectivity index (χ1n) is 3.95. The van der Waals surface area contributed by atoms with Gasteiger partial charge in [-0.15, -0.1) is 6.58 Å². The summed E-state index contributed by atoms with van der Waals surface area (Å²) in [5.41, 5.74) is 1.53. The molecule has 0 nitrogen and oxygen atoms in total. The van der Waals surface area contributed by atoms with Crippen molar-refractivity contribution in [3.8, 4) is 0 Å². The second-order valence-electron chi connectivity index (χ2n) is 2.94. The van der Waals surface area contributed by atoms with Gasteiger partial charge in [-0.25, -0.2) is 0 Å². The zero-order valence-corrected chi connectivity index (χ0v) is 7.99. The molecule has 60 valence electrons. The summed E-state index contributed by atoms with van der Waals surface area (Å²) in [6.45, 7) is 7.35. The Morgan fingerprint density at radius 2 is 2.10 bits per heavy atom. The van der Waals surface area contributed by atoms with Gasteiger partial charge in [0, 0.05) is 0 Å². The number of rotatable bonds is 5. The number of hydrogen-bond acceptors (Lipinski definition) is 0. The van der Waals surface area contributed by atoms with Crippen LogP contribution in [0, 0.1) is 0 Å². The molecule has 0 rings (SSSR count). The summed E-state index contributed by atoms with van der Waals surface area (Å²) in [5, 5.41) is 0. The molecule has 0 aliphatic carbocycles. The maximum Gasteiger partial charge on any atom is 0.266 e. The van der Waals surface area contributed by atoms with E-state index in [0.29, 0.717) is 0 Å². The van der Waals surface area contributed by atoms with E-state index >= 15 is 0 Å². The molecular weight excluding hydrogens is 143 g/mol. The maximum absolute atomic E-state index is 13.2. The fourth-order valence-corrected chi connectivity index (χ4v) is 1.97. The van der Waals surface area contributed by atoms with Gasteiger partial charge in [-0.3, -0.25) is 0 Å². The van der Waals surface area contributed by atoms with Crippen LogP contribution in [0.4, 0.5) is 4.11 Å². The Morgan fingerprint density at radius 3 is 2.50 bits per heavy atom. The van der Waals surface area contributed by atoms with Crippen molar-refractivity contribution >= 4 is 8.41 Å². The van der Waals surface area contributed by atoms with Crippen LogP contribution >= 0.6 is 0 Å². The summed E-state index contributed by atoms with van der Waals surface area (Å²) < 4.78 is 13.2. The lowest BCUT2D eigenvalue weighted by atomic mass is 10.3. The third kappa shape index (κ3) is 4.74. The molecule has 0 fully saturated rings. The summed E-state index contributed by atoms with van der Waals surface area (Å²) in [4.78, 5) is 0. The average Bonchev–Trinajstić information content (AvgIpc) is 1.89. The molecule has 0 radical (unpaired) electrons. The minimum absolute atomic E-state index is 0.754. The molecule has 0 aromatic carbocycles. The molecule has 0 aliphatic rings. The van der Waals surface area contributed by atoms with Crippen molar-refractivity contribution in [2.24, 2.45) is 0 Å². The van der Waals surface area contributed by atoms with E-state index in [-0.39, 0.29) is 0 Å². The number of unbranched alkanes of at least 4 members (excludes halogenated alkanes) is 2. The van der Waals surface area contributed by atoms with Crippen molar-refractivity contribution < 1.29 is 4.11 Å². The van der Waals surface area contributed by atoms with Crippen molar-refractivity contribution in [3.05, 3.63) is 12.3 Å². The summed E-state index contributed by atoms with van der Waals surface area (Å²) in [6.07, 6.45) is 3.35. The smallest absolute Gasteiger partial charge is 0.266 e. The number of halogens is 1. The van der Waals surface area contributed by atoms with Crippen LogP contribution in [-0.4, -0.2) is 8.41 Å². The molecule has 0 aromatic rings. The van der Waals surface area contributed by atoms with E-state index in [4.69, 9.17) is 0 Å². The normalized spacial score (nSPS) is 16.3. The second kappa shape index (κ2) is 4.66. The van der Waals surface area contributed by atoms with E-state index in [1.807, 2.05) is 0 Å². The molecule has 1 unspecified atom stereocenters. The molecule has 0 bridgehead atoms. The molecule has 0 spiro atoms. The Balaban J connectivity index is 3.37. The topological polar surface area (TPSA) is 0 Å². The third-order valence-electron chi connectivity index (χ3n) is 1.69. The van der Waals surface area contributed by atoms with Gasteiger partial charge >= 0.3 is 0 Å². The summed E-state index contributed by atoms with van der Waals surface area (Å²) in [6, 6.07) is 0.754. The van der Waals surface area contributed by atoms with E-state index in [0.717, 1.165) is 18.9 Å². The predicted octanol–water partition coefficient (Wildman–Crippen LogP) is 3.45. The Bertz CT molecular complexity index is 99.4. The fraction of sp³-hybridized carbons (Fsp3) is 0.750. The lowest BCUT2D eigenvalue weighted by Gasteiger charge is -2.10. The summed E-state index contributed by atoms with van der Waals surface area (Å²) in [7, 11) is -2.45. The predicted molar refractivity (Wildman–Crippen MR) is 47.3 cm³/mol. The van der Waals surface area contributed by atoms with Crippen molar-refractivity contribution in [2.45, 2.75) is 38.8 Å². The van der Waals surface area contributed by atoms with Gasteiger partial charge in [0.1, 0.15) is 0 Å². The monoisotopic (exact) mass is 160 g/mol. The van der Waals surface area contributed by atoms with Crippen LogP contribution in [0.3, 0.4) is 0 Å². The Morgan fingerprint density at radius 1 is 1.50 bits per heavy atom. The first-order chi connectivity index (χ1) is 4.62. The van der Waals surface area contributed by atoms with Crippen molar-refractivity contribution in [1.82, 2.24) is 0 Å². The Labute approximate surface area is 64.3 Å². The molecule has 2 heteroatoms. The highest BCUT2D eigenvalue weighted by Crippen LogP contribution is 2.16. The van der Waals surface area contributed by atoms with Crippen LogP contribution < -0.4 is 0 Å². The minimum atomic E-state index is -2.45. The van der Waals surface area contributed by atoms with E-state index in [1.54, 1.807) is 6.55 Å². The quantitative estimate of drug-likeness (QED) is 0.328. The highest BCUT2D eigenvalue weighted by Gasteiger charge is 2.21. The van der Waals surface area contributed by atoms with Gasteiger partial charge in [-0.2, -0.15) is 0 Å². The summed E-state index contributed by atoms with van der Waals surface area (Å²) >= 11 is 0. The second-order valence-corrected chi connectivity index (χ2v) is 6.40. The lowest BCUT2D eigenvalue weighted by molar-refractivity contribution is 0.721. The first kappa shape index (κ1) is 9.89. The van der Waals surface area contributed by atoms with Gasteiger partial charge in [0.25, 0.3) is 8.41 Å². The fourth-order valence-electron chi connectivity index (χ4n) is 0.823. The van der Waals surface area contributed by atoms with Crippen LogP contribution in [0.25, 0.3) is 0 Å². The molecule has 1 atom stereocenters. The van der Waals surface area contributed by atoms with Gasteiger partial charge in [-0.1, -0.05) is 31.9 Å². The minimum Gasteiger partial charge on any atom is -0.309 e. The molecular formula is C8H17FSi. The van der Waals surface area contributed by atoms with E-state index < -0.39 is 8.41 Å². The zero-order valence-electron chi connectivity index (χ0n) is 6.99. The first-order valence-corrected chi connectivity index (χ1v) is 6.61. The van der Waals surface area contributed by atoms with Crippen LogP contribution in [-0.2, 0) is 0 Å². The van der Waals surface area contributed by atoms with Crippen LogP contribution in [0.15, 0.2) is 12.3 Å². The highest BCUT2D eigenvalue weighted by molar-refractivity contribution is 6.76. The standard InChI is InChI=1S/C8H17FSi/c1-4-6-7-8-10(3,9)5-2/h5H,2,4,6-8H2,1,3H3. The van der Waals surface area contributed by atoms with Crippen molar-refractivity contribution in [3.63, 3.8) is 0 Å². The molecule has 0 aliphatic heterocycles. The van der Waals surface area contributed by atoms with Crippen LogP contribution in [0.2, 0.25) is 12.6 Å². The number of hydrogen-bond donors (Lipinski definition) is 0. The molecule has 0 heterocycles. The van der Waals surface area contributed by atoms with Gasteiger partial charge in [0.2, 0.25) is 0 Å². The Hall–Kier alpha value is -0.113. The zero-order chi connectivity index (χ0) is 8.04. The van der Waals surface area contributed by atoms with Crippen molar-refractivity contribution in [2.75, 3.05) is 0 Å². The lowest BCUT2D eigenvalue weighted by Crippen LogP contribution is -2.19. The van der Waals surface area contributed by atoms with Gasteiger partial charge in [-0.05, 0) is 12.6 Å². The van der Waals surface area contributed by atoms with E-state index in [1.165, 1.54) is 12.1 Å². The molecule has 0 N–H and O–H groups in total. The maximum atomic E-state index is 13.2. The molecule has 0 aromatic heterocycles. The Kier molecular flexibility index (Phi) is 4.61. The van der Waals surface area contributed by atoms with Gasteiger partial charge in [0.05, 0.1) is 0 Å². The largest absolute Gasteiger partial charge is 0.309 e. The molecule has 0 saturated carbocycles. The van der Waals surface area contributed by atoms with Crippen molar-refractivity contribution in [1.29, 1.82) is 0 Å². The SMILES string of the molecule is C=C[Si](C)(F)CCCCC. The van der Waals surface area contributed by atoms with Gasteiger partial charge in [0.15, 0.2) is 0 Å². The molecule has 0 saturated heterocycles. The van der Waals surface area contributed by atoms with Crippen LogP contribution in [0.5, 0.6) is 0 Å². The third-order valence-corrected chi connectivity index (χ3v) is 3.88. The molecule has 10 heavy (non-hydrogen) atoms. The van der Waals surface area contributed by atoms with Crippen LogP contribution in [0.1, 0.15) is 26.2 Å². The van der Waals surface area contributed by atoms with Gasteiger partial charge < -0.3 is 4.11 Å². The molecule has 0 amide bonds. The van der Waals surface area contributed by atoms with E-state index in [2.05, 4.69) is 13.5 Å². The van der Waals surface area contributed by atoms with E-state index in [9.17, 15) is 4.11 Å².